The van der Waals surface area contributed by atoms with Gasteiger partial charge in [0.1, 0.15) is 6.33 Å². The molecule has 5 rings (SSSR count). The fourth-order valence-corrected chi connectivity index (χ4v) is 5.63. The van der Waals surface area contributed by atoms with E-state index >= 15 is 0 Å². The molecule has 4 heterocycles. The van der Waals surface area contributed by atoms with Crippen molar-refractivity contribution in [2.75, 3.05) is 26.2 Å². The lowest BCUT2D eigenvalue weighted by atomic mass is 9.99. The Kier molecular flexibility index (Phi) is 5.82. The molecule has 0 saturated carbocycles. The van der Waals surface area contributed by atoms with E-state index in [1.54, 1.807) is 22.3 Å². The van der Waals surface area contributed by atoms with Crippen LogP contribution in [0, 0.1) is 6.92 Å². The topological polar surface area (TPSA) is 67.2 Å². The summed E-state index contributed by atoms with van der Waals surface area (Å²) in [5.74, 6) is 0.0987. The van der Waals surface area contributed by atoms with Crippen LogP contribution in [0.25, 0.3) is 16.1 Å². The minimum atomic E-state index is 0.0987. The SMILES string of the molecule is Cc1ccc(-c2cc(C(=O)N3CCC(N4CCCCC4)CC3)cc(-n3cnnn3)c2)s1. The number of aromatic nitrogens is 4. The molecular formula is C23H28N6OS. The van der Waals surface area contributed by atoms with Crippen LogP contribution in [-0.4, -0.2) is 68.1 Å². The second-order valence-electron chi connectivity index (χ2n) is 8.55. The van der Waals surface area contributed by atoms with Gasteiger partial charge in [-0.25, -0.2) is 4.68 Å². The Balaban J connectivity index is 1.37. The van der Waals surface area contributed by atoms with Gasteiger partial charge in [-0.3, -0.25) is 4.79 Å². The van der Waals surface area contributed by atoms with E-state index in [1.807, 2.05) is 23.1 Å². The Hall–Kier alpha value is -2.58. The number of nitrogens with zero attached hydrogens (tertiary/aromatic N) is 6. The van der Waals surface area contributed by atoms with Crippen molar-refractivity contribution in [2.45, 2.75) is 45.1 Å². The lowest BCUT2D eigenvalue weighted by Crippen LogP contribution is -2.48. The molecule has 0 N–H and O–H groups in total. The molecule has 31 heavy (non-hydrogen) atoms. The van der Waals surface area contributed by atoms with Gasteiger partial charge < -0.3 is 9.80 Å². The van der Waals surface area contributed by atoms with E-state index in [4.69, 9.17) is 0 Å². The molecule has 0 atom stereocenters. The second kappa shape index (κ2) is 8.88. The third-order valence-electron chi connectivity index (χ3n) is 6.46. The molecular weight excluding hydrogens is 408 g/mol. The number of hydrogen-bond acceptors (Lipinski definition) is 6. The summed E-state index contributed by atoms with van der Waals surface area (Å²) in [4.78, 5) is 20.5. The van der Waals surface area contributed by atoms with E-state index < -0.39 is 0 Å². The maximum Gasteiger partial charge on any atom is 0.253 e. The van der Waals surface area contributed by atoms with Gasteiger partial charge in [-0.1, -0.05) is 6.42 Å². The molecule has 1 amide bonds. The fraction of sp³-hybridized carbons (Fsp3) is 0.478. The van der Waals surface area contributed by atoms with Gasteiger partial charge in [0.15, 0.2) is 0 Å². The molecule has 8 heteroatoms. The number of carbonyl (C=O) groups excluding carboxylic acids is 1. The first kappa shape index (κ1) is 20.3. The zero-order chi connectivity index (χ0) is 21.2. The first-order chi connectivity index (χ1) is 15.2. The van der Waals surface area contributed by atoms with Crippen molar-refractivity contribution in [3.8, 4) is 16.1 Å². The highest BCUT2D eigenvalue weighted by Gasteiger charge is 2.28. The molecule has 3 aromatic rings. The van der Waals surface area contributed by atoms with Crippen LogP contribution in [0.3, 0.4) is 0 Å². The van der Waals surface area contributed by atoms with Crippen LogP contribution in [0.1, 0.15) is 47.3 Å². The monoisotopic (exact) mass is 436 g/mol. The van der Waals surface area contributed by atoms with Gasteiger partial charge >= 0.3 is 0 Å². The minimum absolute atomic E-state index is 0.0987. The third-order valence-corrected chi connectivity index (χ3v) is 7.51. The van der Waals surface area contributed by atoms with Crippen molar-refractivity contribution in [3.05, 3.63) is 47.1 Å². The maximum atomic E-state index is 13.4. The summed E-state index contributed by atoms with van der Waals surface area (Å²) < 4.78 is 1.61. The van der Waals surface area contributed by atoms with Gasteiger partial charge in [0.25, 0.3) is 5.91 Å². The number of thiophene rings is 1. The van der Waals surface area contributed by atoms with Gasteiger partial charge in [-0.2, -0.15) is 0 Å². The maximum absolute atomic E-state index is 13.4. The number of hydrogen-bond donors (Lipinski definition) is 0. The third kappa shape index (κ3) is 4.41. The highest BCUT2D eigenvalue weighted by molar-refractivity contribution is 7.15. The Bertz CT molecular complexity index is 1030. The lowest BCUT2D eigenvalue weighted by molar-refractivity contribution is 0.0590. The van der Waals surface area contributed by atoms with Crippen LogP contribution in [-0.2, 0) is 0 Å². The molecule has 0 unspecified atom stereocenters. The average molecular weight is 437 g/mol. The zero-order valence-corrected chi connectivity index (χ0v) is 18.7. The van der Waals surface area contributed by atoms with Crippen molar-refractivity contribution < 1.29 is 4.79 Å². The predicted molar refractivity (Wildman–Crippen MR) is 122 cm³/mol. The first-order valence-corrected chi connectivity index (χ1v) is 12.0. The zero-order valence-electron chi connectivity index (χ0n) is 17.9. The van der Waals surface area contributed by atoms with E-state index in [0.717, 1.165) is 42.1 Å². The van der Waals surface area contributed by atoms with Crippen molar-refractivity contribution in [3.63, 3.8) is 0 Å². The Labute approximate surface area is 186 Å². The second-order valence-corrected chi connectivity index (χ2v) is 9.84. The number of tetrazole rings is 1. The molecule has 2 aliphatic rings. The molecule has 0 spiro atoms. The molecule has 2 fully saturated rings. The number of rotatable bonds is 4. The number of aryl methyl sites for hydroxylation is 1. The van der Waals surface area contributed by atoms with Crippen molar-refractivity contribution in [1.82, 2.24) is 30.0 Å². The van der Waals surface area contributed by atoms with E-state index in [0.29, 0.717) is 11.6 Å². The smallest absolute Gasteiger partial charge is 0.253 e. The molecule has 2 aliphatic heterocycles. The van der Waals surface area contributed by atoms with E-state index in [2.05, 4.69) is 39.5 Å². The van der Waals surface area contributed by atoms with Crippen LogP contribution < -0.4 is 0 Å². The standard InChI is InChI=1S/C23H28N6OS/c1-17-5-6-22(31-17)18-13-19(15-21(14-18)29-16-24-25-26-29)23(30)28-11-7-20(8-12-28)27-9-3-2-4-10-27/h5-6,13-16,20H,2-4,7-12H2,1H3. The van der Waals surface area contributed by atoms with Crippen molar-refractivity contribution >= 4 is 17.2 Å². The number of likely N-dealkylation sites (tertiary alicyclic amines) is 2. The van der Waals surface area contributed by atoms with Crippen LogP contribution in [0.5, 0.6) is 0 Å². The highest BCUT2D eigenvalue weighted by atomic mass is 32.1. The summed E-state index contributed by atoms with van der Waals surface area (Å²) in [6.07, 6.45) is 7.68. The van der Waals surface area contributed by atoms with Gasteiger partial charge in [0.2, 0.25) is 0 Å². The predicted octanol–water partition coefficient (Wildman–Crippen LogP) is 3.79. The largest absolute Gasteiger partial charge is 0.339 e. The summed E-state index contributed by atoms with van der Waals surface area (Å²) in [7, 11) is 0. The summed E-state index contributed by atoms with van der Waals surface area (Å²) in [5, 5.41) is 11.5. The molecule has 0 bridgehead atoms. The van der Waals surface area contributed by atoms with Crippen molar-refractivity contribution in [1.29, 1.82) is 0 Å². The van der Waals surface area contributed by atoms with E-state index in [-0.39, 0.29) is 5.91 Å². The number of carbonyl (C=O) groups is 1. The van der Waals surface area contributed by atoms with Gasteiger partial charge in [-0.05, 0) is 92.0 Å². The van der Waals surface area contributed by atoms with Crippen LogP contribution in [0.4, 0.5) is 0 Å². The first-order valence-electron chi connectivity index (χ1n) is 11.2. The van der Waals surface area contributed by atoms with Gasteiger partial charge in [-0.15, -0.1) is 16.4 Å². The Morgan fingerprint density at radius 2 is 1.84 bits per heavy atom. The number of amides is 1. The Morgan fingerprint density at radius 3 is 2.52 bits per heavy atom. The normalized spacial score (nSPS) is 18.4. The molecule has 0 radical (unpaired) electrons. The average Bonchev–Trinajstić information content (AvgIpc) is 3.51. The van der Waals surface area contributed by atoms with Crippen LogP contribution in [0.2, 0.25) is 0 Å². The summed E-state index contributed by atoms with van der Waals surface area (Å²) in [5.41, 5.74) is 2.53. The molecule has 2 aromatic heterocycles. The van der Waals surface area contributed by atoms with Crippen molar-refractivity contribution in [2.24, 2.45) is 0 Å². The Morgan fingerprint density at radius 1 is 1.03 bits per heavy atom. The molecule has 7 nitrogen and oxygen atoms in total. The number of piperidine rings is 2. The van der Waals surface area contributed by atoms with E-state index in [9.17, 15) is 4.79 Å². The lowest BCUT2D eigenvalue weighted by Gasteiger charge is -2.40. The van der Waals surface area contributed by atoms with Crippen LogP contribution in [0.15, 0.2) is 36.7 Å². The van der Waals surface area contributed by atoms with Gasteiger partial charge in [0.05, 0.1) is 5.69 Å². The summed E-state index contributed by atoms with van der Waals surface area (Å²) in [6.45, 7) is 6.18. The summed E-state index contributed by atoms with van der Waals surface area (Å²) in [6, 6.07) is 10.8. The van der Waals surface area contributed by atoms with Gasteiger partial charge in [0, 0.05) is 34.4 Å². The molecule has 2 saturated heterocycles. The minimum Gasteiger partial charge on any atom is -0.339 e. The van der Waals surface area contributed by atoms with Crippen LogP contribution >= 0.6 is 11.3 Å². The number of benzene rings is 1. The molecule has 1 aromatic carbocycles. The highest BCUT2D eigenvalue weighted by Crippen LogP contribution is 2.31. The van der Waals surface area contributed by atoms with E-state index in [1.165, 1.54) is 37.2 Å². The molecule has 162 valence electrons. The summed E-state index contributed by atoms with van der Waals surface area (Å²) >= 11 is 1.73. The molecule has 0 aliphatic carbocycles. The quantitative estimate of drug-likeness (QED) is 0.623. The fourth-order valence-electron chi connectivity index (χ4n) is 4.78.